The Morgan fingerprint density at radius 3 is 2.83 bits per heavy atom. The van der Waals surface area contributed by atoms with Crippen LogP contribution in [0.2, 0.25) is 0 Å². The molecule has 1 aliphatic carbocycles. The van der Waals surface area contributed by atoms with E-state index in [1.165, 1.54) is 18.4 Å². The Hall–Kier alpha value is -0.940. The summed E-state index contributed by atoms with van der Waals surface area (Å²) in [6.07, 6.45) is 2.35. The van der Waals surface area contributed by atoms with Crippen LogP contribution in [0.1, 0.15) is 29.3 Å². The maximum absolute atomic E-state index is 4.10. The Kier molecular flexibility index (Phi) is 3.35. The SMILES string of the molecule is Cc1nnc(NC2CC(c3cccc(Br)c3)C2)s1. The van der Waals surface area contributed by atoms with Gasteiger partial charge in [-0.1, -0.05) is 39.4 Å². The largest absolute Gasteiger partial charge is 0.357 e. The molecule has 0 unspecified atom stereocenters. The Morgan fingerprint density at radius 2 is 2.17 bits per heavy atom. The van der Waals surface area contributed by atoms with Crippen LogP contribution in [0.4, 0.5) is 5.13 Å². The predicted molar refractivity (Wildman–Crippen MR) is 78.2 cm³/mol. The number of anilines is 1. The van der Waals surface area contributed by atoms with Crippen LogP contribution in [0.15, 0.2) is 28.7 Å². The average molecular weight is 324 g/mol. The Balaban J connectivity index is 1.57. The Morgan fingerprint density at radius 1 is 1.33 bits per heavy atom. The number of benzene rings is 1. The third-order valence-corrected chi connectivity index (χ3v) is 4.57. The van der Waals surface area contributed by atoms with E-state index in [2.05, 4.69) is 55.7 Å². The van der Waals surface area contributed by atoms with Crippen molar-refractivity contribution in [1.82, 2.24) is 10.2 Å². The van der Waals surface area contributed by atoms with Crippen molar-refractivity contribution in [3.05, 3.63) is 39.3 Å². The highest BCUT2D eigenvalue weighted by Gasteiger charge is 2.30. The van der Waals surface area contributed by atoms with Gasteiger partial charge in [0.25, 0.3) is 0 Å². The molecular formula is C13H14BrN3S. The summed E-state index contributed by atoms with van der Waals surface area (Å²) < 4.78 is 1.16. The Labute approximate surface area is 119 Å². The molecule has 3 rings (SSSR count). The van der Waals surface area contributed by atoms with Gasteiger partial charge in [-0.3, -0.25) is 0 Å². The van der Waals surface area contributed by atoms with E-state index >= 15 is 0 Å². The minimum absolute atomic E-state index is 0.543. The fraction of sp³-hybridized carbons (Fsp3) is 0.385. The van der Waals surface area contributed by atoms with Crippen molar-refractivity contribution in [3.8, 4) is 0 Å². The zero-order valence-electron chi connectivity index (χ0n) is 10.1. The summed E-state index contributed by atoms with van der Waals surface area (Å²) in [4.78, 5) is 0. The molecule has 1 fully saturated rings. The van der Waals surface area contributed by atoms with Crippen molar-refractivity contribution in [2.24, 2.45) is 0 Å². The first-order valence-electron chi connectivity index (χ1n) is 6.03. The fourth-order valence-electron chi connectivity index (χ4n) is 2.30. The smallest absolute Gasteiger partial charge is 0.205 e. The lowest BCUT2D eigenvalue weighted by Gasteiger charge is -2.36. The van der Waals surface area contributed by atoms with E-state index in [1.54, 1.807) is 11.3 Å². The summed E-state index contributed by atoms with van der Waals surface area (Å²) in [5, 5.41) is 13.5. The first kappa shape index (κ1) is 12.1. The van der Waals surface area contributed by atoms with Crippen LogP contribution in [-0.4, -0.2) is 16.2 Å². The van der Waals surface area contributed by atoms with Crippen LogP contribution in [0, 0.1) is 6.92 Å². The van der Waals surface area contributed by atoms with Crippen LogP contribution in [0.5, 0.6) is 0 Å². The molecule has 18 heavy (non-hydrogen) atoms. The first-order valence-corrected chi connectivity index (χ1v) is 7.64. The van der Waals surface area contributed by atoms with Gasteiger partial charge < -0.3 is 5.32 Å². The molecule has 1 aliphatic rings. The molecule has 1 aromatic heterocycles. The van der Waals surface area contributed by atoms with Gasteiger partial charge in [0, 0.05) is 10.5 Å². The number of nitrogens with zero attached hydrogens (tertiary/aromatic N) is 2. The summed E-state index contributed by atoms with van der Waals surface area (Å²) in [5.74, 6) is 0.675. The molecule has 1 heterocycles. The second kappa shape index (κ2) is 4.97. The Bertz CT molecular complexity index is 549. The molecule has 0 radical (unpaired) electrons. The van der Waals surface area contributed by atoms with Crippen molar-refractivity contribution in [3.63, 3.8) is 0 Å². The van der Waals surface area contributed by atoms with E-state index in [1.807, 2.05) is 6.92 Å². The zero-order valence-corrected chi connectivity index (χ0v) is 12.5. The lowest BCUT2D eigenvalue weighted by molar-refractivity contribution is 0.374. The molecule has 0 atom stereocenters. The molecule has 0 spiro atoms. The average Bonchev–Trinajstić information content (AvgIpc) is 2.69. The molecule has 2 aromatic rings. The maximum atomic E-state index is 4.10. The molecule has 5 heteroatoms. The van der Waals surface area contributed by atoms with Gasteiger partial charge in [-0.2, -0.15) is 0 Å². The molecule has 3 nitrogen and oxygen atoms in total. The third-order valence-electron chi connectivity index (χ3n) is 3.31. The summed E-state index contributed by atoms with van der Waals surface area (Å²) in [6, 6.07) is 9.15. The number of hydrogen-bond donors (Lipinski definition) is 1. The number of hydrogen-bond acceptors (Lipinski definition) is 4. The highest BCUT2D eigenvalue weighted by atomic mass is 79.9. The highest BCUT2D eigenvalue weighted by Crippen LogP contribution is 2.39. The maximum Gasteiger partial charge on any atom is 0.205 e. The minimum atomic E-state index is 0.543. The van der Waals surface area contributed by atoms with Crippen molar-refractivity contribution < 1.29 is 0 Å². The van der Waals surface area contributed by atoms with Gasteiger partial charge in [0.15, 0.2) is 0 Å². The molecule has 0 amide bonds. The summed E-state index contributed by atoms with van der Waals surface area (Å²) in [7, 11) is 0. The predicted octanol–water partition coefficient (Wildman–Crippen LogP) is 3.97. The van der Waals surface area contributed by atoms with Crippen molar-refractivity contribution in [1.29, 1.82) is 0 Å². The highest BCUT2D eigenvalue weighted by molar-refractivity contribution is 9.10. The second-order valence-electron chi connectivity index (χ2n) is 4.69. The molecule has 1 aromatic carbocycles. The van der Waals surface area contributed by atoms with Crippen molar-refractivity contribution in [2.45, 2.75) is 31.7 Å². The van der Waals surface area contributed by atoms with Crippen LogP contribution in [0.3, 0.4) is 0 Å². The summed E-state index contributed by atoms with van der Waals surface area (Å²) in [6.45, 7) is 1.98. The van der Waals surface area contributed by atoms with Crippen molar-refractivity contribution >= 4 is 32.4 Å². The van der Waals surface area contributed by atoms with Gasteiger partial charge in [0.1, 0.15) is 5.01 Å². The number of nitrogens with one attached hydrogen (secondary N) is 1. The van der Waals surface area contributed by atoms with E-state index in [-0.39, 0.29) is 0 Å². The lowest BCUT2D eigenvalue weighted by atomic mass is 9.76. The molecule has 1 N–H and O–H groups in total. The molecule has 94 valence electrons. The van der Waals surface area contributed by atoms with Crippen LogP contribution in [0.25, 0.3) is 0 Å². The van der Waals surface area contributed by atoms with Gasteiger partial charge in [0.05, 0.1) is 0 Å². The van der Waals surface area contributed by atoms with E-state index in [4.69, 9.17) is 0 Å². The summed E-state index contributed by atoms with van der Waals surface area (Å²) >= 11 is 5.15. The third kappa shape index (κ3) is 2.57. The normalized spacial score (nSPS) is 22.6. The van der Waals surface area contributed by atoms with Gasteiger partial charge in [-0.15, -0.1) is 10.2 Å². The van der Waals surface area contributed by atoms with E-state index in [9.17, 15) is 0 Å². The minimum Gasteiger partial charge on any atom is -0.357 e. The van der Waals surface area contributed by atoms with E-state index < -0.39 is 0 Å². The van der Waals surface area contributed by atoms with Crippen LogP contribution < -0.4 is 5.32 Å². The number of halogens is 1. The standard InChI is InChI=1S/C13H14BrN3S/c1-8-16-17-13(18-8)15-12-6-10(7-12)9-3-2-4-11(14)5-9/h2-5,10,12H,6-7H2,1H3,(H,15,17). The summed E-state index contributed by atoms with van der Waals surface area (Å²) in [5.41, 5.74) is 1.43. The zero-order chi connectivity index (χ0) is 12.5. The second-order valence-corrected chi connectivity index (χ2v) is 6.79. The fourth-order valence-corrected chi connectivity index (χ4v) is 3.38. The van der Waals surface area contributed by atoms with E-state index in [0.29, 0.717) is 12.0 Å². The molecular weight excluding hydrogens is 310 g/mol. The molecule has 0 aliphatic heterocycles. The first-order chi connectivity index (χ1) is 8.70. The van der Waals surface area contributed by atoms with Gasteiger partial charge in [-0.25, -0.2) is 0 Å². The number of aryl methyl sites for hydroxylation is 1. The number of rotatable bonds is 3. The van der Waals surface area contributed by atoms with Gasteiger partial charge in [0.2, 0.25) is 5.13 Å². The number of aromatic nitrogens is 2. The van der Waals surface area contributed by atoms with E-state index in [0.717, 1.165) is 14.6 Å². The molecule has 1 saturated carbocycles. The van der Waals surface area contributed by atoms with Gasteiger partial charge in [-0.05, 0) is 43.4 Å². The van der Waals surface area contributed by atoms with Gasteiger partial charge >= 0.3 is 0 Å². The quantitative estimate of drug-likeness (QED) is 0.928. The topological polar surface area (TPSA) is 37.8 Å². The molecule has 0 bridgehead atoms. The monoisotopic (exact) mass is 323 g/mol. The van der Waals surface area contributed by atoms with Crippen molar-refractivity contribution in [2.75, 3.05) is 5.32 Å². The van der Waals surface area contributed by atoms with Crippen LogP contribution in [-0.2, 0) is 0 Å². The lowest BCUT2D eigenvalue weighted by Crippen LogP contribution is -2.33. The molecule has 0 saturated heterocycles. The van der Waals surface area contributed by atoms with Crippen LogP contribution >= 0.6 is 27.3 Å².